The maximum Gasteiger partial charge on any atom is 0.458 e. The lowest BCUT2D eigenvalue weighted by molar-refractivity contribution is -0.355. The van der Waals surface area contributed by atoms with Gasteiger partial charge in [-0.3, -0.25) is 4.79 Å². The minimum atomic E-state index is -4.98. The van der Waals surface area contributed by atoms with Gasteiger partial charge in [-0.1, -0.05) is 29.4 Å². The second kappa shape index (κ2) is 5.96. The molecule has 0 amide bonds. The van der Waals surface area contributed by atoms with Gasteiger partial charge in [-0.05, 0) is 29.8 Å². The highest BCUT2D eigenvalue weighted by molar-refractivity contribution is 6.09. The highest BCUT2D eigenvalue weighted by Crippen LogP contribution is 2.38. The molecule has 1 atom stereocenters. The summed E-state index contributed by atoms with van der Waals surface area (Å²) in [7, 11) is 0. The van der Waals surface area contributed by atoms with Crippen LogP contribution >= 0.6 is 0 Å². The number of ketones is 1. The molecular formula is C17H11F4NO3. The first-order valence-corrected chi connectivity index (χ1v) is 7.14. The lowest BCUT2D eigenvalue weighted by Crippen LogP contribution is -2.45. The average Bonchev–Trinajstić information content (AvgIpc) is 2.99. The summed E-state index contributed by atoms with van der Waals surface area (Å²) in [4.78, 5) is 16.4. The van der Waals surface area contributed by atoms with Crippen LogP contribution in [-0.4, -0.2) is 28.6 Å². The van der Waals surface area contributed by atoms with Gasteiger partial charge >= 0.3 is 12.0 Å². The van der Waals surface area contributed by atoms with Gasteiger partial charge in [0.2, 0.25) is 0 Å². The first-order chi connectivity index (χ1) is 11.7. The van der Waals surface area contributed by atoms with Crippen LogP contribution in [0.1, 0.15) is 27.9 Å². The molecule has 0 radical (unpaired) electrons. The summed E-state index contributed by atoms with van der Waals surface area (Å²) in [6, 6.07) is 10.6. The fourth-order valence-electron chi connectivity index (χ4n) is 2.31. The summed E-state index contributed by atoms with van der Waals surface area (Å²) in [6.07, 6.45) is -5.82. The van der Waals surface area contributed by atoms with Gasteiger partial charge in [0, 0.05) is 11.1 Å². The second-order valence-electron chi connectivity index (χ2n) is 5.50. The van der Waals surface area contributed by atoms with Crippen LogP contribution in [0.4, 0.5) is 17.6 Å². The van der Waals surface area contributed by atoms with E-state index in [0.29, 0.717) is 0 Å². The molecule has 0 saturated heterocycles. The third-order valence-corrected chi connectivity index (χ3v) is 3.74. The molecule has 1 heterocycles. The van der Waals surface area contributed by atoms with Gasteiger partial charge in [-0.15, -0.1) is 0 Å². The zero-order chi connectivity index (χ0) is 18.2. The van der Waals surface area contributed by atoms with Gasteiger partial charge in [0.1, 0.15) is 5.82 Å². The van der Waals surface area contributed by atoms with E-state index >= 15 is 0 Å². The lowest BCUT2D eigenvalue weighted by Gasteiger charge is -2.22. The molecule has 0 aromatic heterocycles. The molecule has 1 aliphatic rings. The number of aliphatic hydroxyl groups is 1. The van der Waals surface area contributed by atoms with Crippen molar-refractivity contribution in [1.82, 2.24) is 0 Å². The van der Waals surface area contributed by atoms with Gasteiger partial charge in [-0.25, -0.2) is 4.39 Å². The Morgan fingerprint density at radius 1 is 1.04 bits per heavy atom. The first kappa shape index (κ1) is 17.1. The Hall–Kier alpha value is -2.74. The number of hydrogen-bond donors (Lipinski definition) is 1. The van der Waals surface area contributed by atoms with Crippen LogP contribution in [0.3, 0.4) is 0 Å². The largest absolute Gasteiger partial charge is 0.458 e. The Balaban J connectivity index is 1.77. The van der Waals surface area contributed by atoms with Gasteiger partial charge in [0.25, 0.3) is 0 Å². The van der Waals surface area contributed by atoms with E-state index in [1.807, 2.05) is 0 Å². The van der Waals surface area contributed by atoms with Gasteiger partial charge in [0.05, 0.1) is 12.1 Å². The van der Waals surface area contributed by atoms with E-state index in [1.165, 1.54) is 36.4 Å². The fourth-order valence-corrected chi connectivity index (χ4v) is 2.31. The van der Waals surface area contributed by atoms with E-state index in [9.17, 15) is 27.5 Å². The number of carbonyl (C=O) groups excluding carboxylic acids is 1. The predicted molar refractivity (Wildman–Crippen MR) is 79.5 cm³/mol. The molecule has 1 aliphatic heterocycles. The van der Waals surface area contributed by atoms with E-state index in [-0.39, 0.29) is 28.2 Å². The van der Waals surface area contributed by atoms with Gasteiger partial charge in [0.15, 0.2) is 5.78 Å². The van der Waals surface area contributed by atoms with Crippen LogP contribution in [0, 0.1) is 5.82 Å². The summed E-state index contributed by atoms with van der Waals surface area (Å²) in [6.45, 7) is 0. The molecule has 8 heteroatoms. The molecule has 25 heavy (non-hydrogen) atoms. The third-order valence-electron chi connectivity index (χ3n) is 3.74. The van der Waals surface area contributed by atoms with Crippen LogP contribution in [-0.2, 0) is 4.84 Å². The summed E-state index contributed by atoms with van der Waals surface area (Å²) >= 11 is 0. The molecule has 2 aromatic rings. The minimum Gasteiger partial charge on any atom is -0.350 e. The lowest BCUT2D eigenvalue weighted by atomic mass is 9.98. The van der Waals surface area contributed by atoms with Crippen molar-refractivity contribution < 1.29 is 32.3 Å². The van der Waals surface area contributed by atoms with E-state index in [2.05, 4.69) is 9.99 Å². The number of carbonyl (C=O) groups is 1. The van der Waals surface area contributed by atoms with Gasteiger partial charge in [-0.2, -0.15) is 13.2 Å². The number of oxime groups is 1. The molecule has 0 spiro atoms. The molecule has 2 aromatic carbocycles. The smallest absolute Gasteiger partial charge is 0.350 e. The van der Waals surface area contributed by atoms with Crippen molar-refractivity contribution >= 4 is 11.5 Å². The van der Waals surface area contributed by atoms with E-state index < -0.39 is 24.2 Å². The Labute approximate surface area is 139 Å². The van der Waals surface area contributed by atoms with Crippen molar-refractivity contribution in [2.75, 3.05) is 0 Å². The molecular weight excluding hydrogens is 342 g/mol. The van der Waals surface area contributed by atoms with Crippen LogP contribution < -0.4 is 0 Å². The van der Waals surface area contributed by atoms with Crippen molar-refractivity contribution in [3.63, 3.8) is 0 Å². The molecule has 3 rings (SSSR count). The first-order valence-electron chi connectivity index (χ1n) is 7.14. The molecule has 0 fully saturated rings. The molecule has 0 bridgehead atoms. The van der Waals surface area contributed by atoms with E-state index in [1.54, 1.807) is 0 Å². The van der Waals surface area contributed by atoms with Crippen molar-refractivity contribution in [3.8, 4) is 0 Å². The summed E-state index contributed by atoms with van der Waals surface area (Å²) < 4.78 is 51.0. The predicted octanol–water partition coefficient (Wildman–Crippen LogP) is 3.43. The topological polar surface area (TPSA) is 58.9 Å². The van der Waals surface area contributed by atoms with Crippen molar-refractivity contribution in [2.24, 2.45) is 5.16 Å². The van der Waals surface area contributed by atoms with Crippen molar-refractivity contribution in [2.45, 2.75) is 18.4 Å². The maximum atomic E-state index is 12.9. The van der Waals surface area contributed by atoms with Crippen LogP contribution in [0.25, 0.3) is 0 Å². The molecule has 4 nitrogen and oxygen atoms in total. The van der Waals surface area contributed by atoms with Crippen LogP contribution in [0.2, 0.25) is 0 Å². The fraction of sp³-hybridized carbons (Fsp3) is 0.176. The number of halogens is 4. The number of hydrogen-bond acceptors (Lipinski definition) is 4. The van der Waals surface area contributed by atoms with Crippen LogP contribution in [0.15, 0.2) is 53.7 Å². The highest BCUT2D eigenvalue weighted by Gasteiger charge is 2.60. The Bertz CT molecular complexity index is 828. The highest BCUT2D eigenvalue weighted by atomic mass is 19.4. The molecule has 130 valence electrons. The minimum absolute atomic E-state index is 0.0828. The van der Waals surface area contributed by atoms with E-state index in [4.69, 9.17) is 0 Å². The number of benzene rings is 2. The average molecular weight is 353 g/mol. The number of nitrogens with zero attached hydrogens (tertiary/aromatic N) is 1. The van der Waals surface area contributed by atoms with E-state index in [0.717, 1.165) is 12.1 Å². The second-order valence-corrected chi connectivity index (χ2v) is 5.50. The maximum absolute atomic E-state index is 12.9. The Kier molecular flexibility index (Phi) is 4.08. The third kappa shape index (κ3) is 3.25. The zero-order valence-electron chi connectivity index (χ0n) is 12.5. The molecule has 0 aliphatic carbocycles. The zero-order valence-corrected chi connectivity index (χ0v) is 12.5. The van der Waals surface area contributed by atoms with Gasteiger partial charge < -0.3 is 9.94 Å². The summed E-state index contributed by atoms with van der Waals surface area (Å²) in [5.74, 6) is -4.17. The molecule has 1 unspecified atom stereocenters. The Morgan fingerprint density at radius 3 is 2.04 bits per heavy atom. The number of alkyl halides is 3. The standard InChI is InChI=1S/C17H11F4NO3/c18-13-7-5-12(6-8-13)15(23)11-3-1-10(2-4-11)14-9-16(24,25-22-14)17(19,20)21/h1-8,24H,9H2. The summed E-state index contributed by atoms with van der Waals surface area (Å²) in [5.41, 5.74) is 0.763. The number of rotatable bonds is 3. The van der Waals surface area contributed by atoms with Crippen molar-refractivity contribution in [1.29, 1.82) is 0 Å². The SMILES string of the molecule is O=C(c1ccc(F)cc1)c1ccc(C2=NOC(O)(C(F)(F)F)C2)cc1. The quantitative estimate of drug-likeness (QED) is 0.679. The Morgan fingerprint density at radius 2 is 1.56 bits per heavy atom. The molecule has 0 saturated carbocycles. The van der Waals surface area contributed by atoms with Crippen molar-refractivity contribution in [3.05, 3.63) is 71.0 Å². The summed E-state index contributed by atoms with van der Waals surface area (Å²) in [5, 5.41) is 12.7. The monoisotopic (exact) mass is 353 g/mol. The normalized spacial score (nSPS) is 20.1. The van der Waals surface area contributed by atoms with Crippen LogP contribution in [0.5, 0.6) is 0 Å². The molecule has 1 N–H and O–H groups in total.